The first-order valence-electron chi connectivity index (χ1n) is 6.31. The average Bonchev–Trinajstić information content (AvgIpc) is 2.79. The Labute approximate surface area is 118 Å². The van der Waals surface area contributed by atoms with Gasteiger partial charge in [0.1, 0.15) is 5.76 Å². The topological polar surface area (TPSA) is 52.0 Å². The number of benzene rings is 1. The van der Waals surface area contributed by atoms with Crippen LogP contribution >= 0.6 is 11.8 Å². The maximum atomic E-state index is 6.05. The Morgan fingerprint density at radius 1 is 1.32 bits per heavy atom. The molecule has 0 aliphatic heterocycles. The number of oxazole rings is 1. The minimum absolute atomic E-state index is 0.00171. The van der Waals surface area contributed by atoms with Crippen LogP contribution in [-0.2, 0) is 11.2 Å². The predicted octanol–water partition coefficient (Wildman–Crippen LogP) is 4.16. The molecule has 0 fully saturated rings. The fourth-order valence-corrected chi connectivity index (χ4v) is 2.55. The van der Waals surface area contributed by atoms with E-state index in [9.17, 15) is 0 Å². The normalized spacial score (nSPS) is 11.8. The molecule has 1 aromatic heterocycles. The van der Waals surface area contributed by atoms with Crippen LogP contribution in [-0.4, -0.2) is 4.98 Å². The van der Waals surface area contributed by atoms with E-state index in [0.29, 0.717) is 5.75 Å². The molecule has 0 saturated heterocycles. The number of hydrogen-bond acceptors (Lipinski definition) is 4. The number of nitrogens with two attached hydrogens (primary N) is 1. The number of hydrogen-bond donors (Lipinski definition) is 1. The second-order valence-corrected chi connectivity index (χ2v) is 6.66. The monoisotopic (exact) mass is 276 g/mol. The molecule has 2 aromatic rings. The largest absolute Gasteiger partial charge is 0.444 e. The van der Waals surface area contributed by atoms with Crippen molar-refractivity contribution in [2.24, 2.45) is 0 Å². The predicted molar refractivity (Wildman–Crippen MR) is 80.4 cm³/mol. The first-order valence-corrected chi connectivity index (χ1v) is 7.29. The number of nitrogen functional groups attached to an aromatic ring is 1. The van der Waals surface area contributed by atoms with Gasteiger partial charge in [-0.25, -0.2) is 4.98 Å². The van der Waals surface area contributed by atoms with Gasteiger partial charge in [-0.05, 0) is 18.6 Å². The number of thioether (sulfide) groups is 1. The smallest absolute Gasteiger partial charge is 0.204 e. The van der Waals surface area contributed by atoms with Crippen LogP contribution in [0, 0.1) is 6.92 Å². The fourth-order valence-electron chi connectivity index (χ4n) is 1.64. The van der Waals surface area contributed by atoms with Crippen LogP contribution in [0.5, 0.6) is 0 Å². The van der Waals surface area contributed by atoms with Gasteiger partial charge >= 0.3 is 0 Å². The first-order chi connectivity index (χ1) is 8.88. The summed E-state index contributed by atoms with van der Waals surface area (Å²) in [6, 6.07) is 6.06. The van der Waals surface area contributed by atoms with Gasteiger partial charge in [-0.1, -0.05) is 32.9 Å². The highest BCUT2D eigenvalue weighted by molar-refractivity contribution is 7.98. The van der Waals surface area contributed by atoms with Crippen molar-refractivity contribution < 1.29 is 4.42 Å². The number of para-hydroxylation sites is 1. The second-order valence-electron chi connectivity index (χ2n) is 5.64. The highest BCUT2D eigenvalue weighted by Gasteiger charge is 2.19. The highest BCUT2D eigenvalue weighted by Crippen LogP contribution is 2.31. The molecule has 3 nitrogen and oxygen atoms in total. The molecule has 1 aromatic carbocycles. The van der Waals surface area contributed by atoms with Gasteiger partial charge in [-0.3, -0.25) is 0 Å². The van der Waals surface area contributed by atoms with Gasteiger partial charge in [-0.15, -0.1) is 11.8 Å². The number of anilines is 1. The van der Waals surface area contributed by atoms with Gasteiger partial charge in [0.25, 0.3) is 0 Å². The Bertz CT molecular complexity index is 570. The molecule has 19 heavy (non-hydrogen) atoms. The Balaban J connectivity index is 2.07. The second kappa shape index (κ2) is 5.29. The summed E-state index contributed by atoms with van der Waals surface area (Å²) in [6.07, 6.45) is 1.81. The van der Waals surface area contributed by atoms with E-state index in [1.54, 1.807) is 11.8 Å². The molecule has 0 amide bonds. The Morgan fingerprint density at radius 2 is 2.05 bits per heavy atom. The van der Waals surface area contributed by atoms with Gasteiger partial charge in [0.15, 0.2) is 0 Å². The van der Waals surface area contributed by atoms with Crippen molar-refractivity contribution in [3.05, 3.63) is 41.6 Å². The maximum Gasteiger partial charge on any atom is 0.204 e. The van der Waals surface area contributed by atoms with E-state index < -0.39 is 0 Å². The zero-order valence-corrected chi connectivity index (χ0v) is 12.7. The standard InChI is InChI=1S/C15H20N2OS/c1-10-6-5-7-11(14(10)16)19-9-13-17-8-12(18-13)15(2,3)4/h5-8H,9,16H2,1-4H3. The van der Waals surface area contributed by atoms with Gasteiger partial charge in [0.2, 0.25) is 5.89 Å². The molecule has 2 N–H and O–H groups in total. The van der Waals surface area contributed by atoms with E-state index >= 15 is 0 Å². The van der Waals surface area contributed by atoms with Crippen molar-refractivity contribution in [2.45, 2.75) is 43.8 Å². The number of aromatic nitrogens is 1. The van der Waals surface area contributed by atoms with E-state index in [1.807, 2.05) is 31.3 Å². The number of rotatable bonds is 3. The number of aryl methyl sites for hydroxylation is 1. The lowest BCUT2D eigenvalue weighted by atomic mass is 9.94. The van der Waals surface area contributed by atoms with Crippen molar-refractivity contribution in [3.8, 4) is 0 Å². The first kappa shape index (κ1) is 14.0. The van der Waals surface area contributed by atoms with Crippen LogP contribution in [0.25, 0.3) is 0 Å². The van der Waals surface area contributed by atoms with Crippen LogP contribution < -0.4 is 5.73 Å². The molecule has 2 rings (SSSR count). The average molecular weight is 276 g/mol. The van der Waals surface area contributed by atoms with Crippen molar-refractivity contribution in [3.63, 3.8) is 0 Å². The molecular weight excluding hydrogens is 256 g/mol. The van der Waals surface area contributed by atoms with Crippen LogP contribution in [0.2, 0.25) is 0 Å². The molecule has 0 bridgehead atoms. The summed E-state index contributed by atoms with van der Waals surface area (Å²) >= 11 is 1.66. The van der Waals surface area contributed by atoms with Crippen molar-refractivity contribution in [2.75, 3.05) is 5.73 Å². The lowest BCUT2D eigenvalue weighted by molar-refractivity contribution is 0.391. The zero-order chi connectivity index (χ0) is 14.0. The van der Waals surface area contributed by atoms with E-state index in [-0.39, 0.29) is 5.41 Å². The summed E-state index contributed by atoms with van der Waals surface area (Å²) in [6.45, 7) is 8.36. The Morgan fingerprint density at radius 3 is 2.68 bits per heavy atom. The van der Waals surface area contributed by atoms with Crippen LogP contribution in [0.4, 0.5) is 5.69 Å². The third-order valence-electron chi connectivity index (χ3n) is 2.93. The molecular formula is C15H20N2OS. The molecule has 4 heteroatoms. The van der Waals surface area contributed by atoms with Crippen molar-refractivity contribution in [1.29, 1.82) is 0 Å². The molecule has 0 radical (unpaired) electrons. The molecule has 0 aliphatic rings. The van der Waals surface area contributed by atoms with Crippen molar-refractivity contribution in [1.82, 2.24) is 4.98 Å². The van der Waals surface area contributed by atoms with E-state index in [1.165, 1.54) is 0 Å². The van der Waals surface area contributed by atoms with E-state index in [2.05, 4.69) is 25.8 Å². The van der Waals surface area contributed by atoms with Gasteiger partial charge < -0.3 is 10.2 Å². The summed E-state index contributed by atoms with van der Waals surface area (Å²) < 4.78 is 5.77. The number of nitrogens with zero attached hydrogens (tertiary/aromatic N) is 1. The van der Waals surface area contributed by atoms with Crippen molar-refractivity contribution >= 4 is 17.4 Å². The molecule has 0 aliphatic carbocycles. The fraction of sp³-hybridized carbons (Fsp3) is 0.400. The Hall–Kier alpha value is -1.42. The maximum absolute atomic E-state index is 6.05. The van der Waals surface area contributed by atoms with Crippen LogP contribution in [0.15, 0.2) is 33.7 Å². The molecule has 102 valence electrons. The summed E-state index contributed by atoms with van der Waals surface area (Å²) in [5.41, 5.74) is 7.99. The Kier molecular flexibility index (Phi) is 3.90. The minimum Gasteiger partial charge on any atom is -0.444 e. The molecule has 0 saturated carbocycles. The van der Waals surface area contributed by atoms with Gasteiger partial charge in [-0.2, -0.15) is 0 Å². The van der Waals surface area contributed by atoms with Crippen LogP contribution in [0.1, 0.15) is 38.0 Å². The van der Waals surface area contributed by atoms with E-state index in [0.717, 1.165) is 27.8 Å². The molecule has 1 heterocycles. The molecule has 0 unspecified atom stereocenters. The highest BCUT2D eigenvalue weighted by atomic mass is 32.2. The third kappa shape index (κ3) is 3.32. The molecule has 0 spiro atoms. The molecule has 0 atom stereocenters. The van der Waals surface area contributed by atoms with Crippen LogP contribution in [0.3, 0.4) is 0 Å². The van der Waals surface area contributed by atoms with Gasteiger partial charge in [0.05, 0.1) is 11.9 Å². The minimum atomic E-state index is -0.00171. The summed E-state index contributed by atoms with van der Waals surface area (Å²) in [5, 5.41) is 0. The summed E-state index contributed by atoms with van der Waals surface area (Å²) in [5.74, 6) is 2.36. The van der Waals surface area contributed by atoms with E-state index in [4.69, 9.17) is 10.2 Å². The summed E-state index contributed by atoms with van der Waals surface area (Å²) in [7, 11) is 0. The quantitative estimate of drug-likeness (QED) is 0.675. The zero-order valence-electron chi connectivity index (χ0n) is 11.9. The third-order valence-corrected chi connectivity index (χ3v) is 3.99. The lowest BCUT2D eigenvalue weighted by Gasteiger charge is -2.13. The SMILES string of the molecule is Cc1cccc(SCc2ncc(C(C)(C)C)o2)c1N. The lowest BCUT2D eigenvalue weighted by Crippen LogP contribution is -2.09. The van der Waals surface area contributed by atoms with Gasteiger partial charge in [0, 0.05) is 16.0 Å². The summed E-state index contributed by atoms with van der Waals surface area (Å²) in [4.78, 5) is 5.40.